The number of unbranched alkanes of at least 4 members (excludes halogenated alkanes) is 3. The minimum atomic E-state index is -3.77. The first-order chi connectivity index (χ1) is 13.3. The van der Waals surface area contributed by atoms with Crippen LogP contribution in [0.25, 0.3) is 0 Å². The number of guanidine groups is 1. The molecule has 0 aromatic carbocycles. The number of aliphatic imine (C=N–C) groups is 1. The zero-order valence-electron chi connectivity index (χ0n) is 16.3. The number of nitrogens with two attached hydrogens (primary N) is 4. The van der Waals surface area contributed by atoms with E-state index in [1.807, 2.05) is 0 Å². The number of anilines is 2. The highest BCUT2D eigenvalue weighted by Gasteiger charge is 2.31. The lowest BCUT2D eigenvalue weighted by Gasteiger charge is -2.22. The van der Waals surface area contributed by atoms with Crippen LogP contribution in [0.4, 0.5) is 11.6 Å². The minimum Gasteiger partial charge on any atom is -0.382 e. The lowest BCUT2D eigenvalue weighted by Crippen LogP contribution is -2.40. The number of rotatable bonds is 10. The summed E-state index contributed by atoms with van der Waals surface area (Å²) < 4.78 is 27.9. The Bertz CT molecular complexity index is 860. The second-order valence-electron chi connectivity index (χ2n) is 6.56. The smallest absolute Gasteiger partial charge is 0.280 e. The molecule has 1 aromatic heterocycles. The lowest BCUT2D eigenvalue weighted by molar-refractivity contribution is 0.0417. The number of primary sulfonamides is 1. The van der Waals surface area contributed by atoms with E-state index >= 15 is 0 Å². The molecule has 0 atom stereocenters. The lowest BCUT2D eigenvalue weighted by atomic mass is 10.2. The number of sulfonamides is 1. The first-order valence-corrected chi connectivity index (χ1v) is 10.6. The number of carbonyl (C=O) groups is 1. The molecule has 0 aliphatic heterocycles. The van der Waals surface area contributed by atoms with Crippen molar-refractivity contribution in [1.82, 2.24) is 15.3 Å². The number of halogens is 1. The maximum atomic E-state index is 12.1. The van der Waals surface area contributed by atoms with Crippen molar-refractivity contribution in [3.63, 3.8) is 0 Å². The second-order valence-corrected chi connectivity index (χ2v) is 8.99. The zero-order chi connectivity index (χ0) is 22.2. The van der Waals surface area contributed by atoms with Gasteiger partial charge in [-0.15, -0.1) is 0 Å². The molecule has 0 aliphatic carbocycles. The van der Waals surface area contributed by atoms with Crippen molar-refractivity contribution >= 4 is 45.1 Å². The summed E-state index contributed by atoms with van der Waals surface area (Å²) in [5.41, 5.74) is 16.5. The van der Waals surface area contributed by atoms with E-state index in [9.17, 15) is 13.2 Å². The van der Waals surface area contributed by atoms with Crippen LogP contribution in [0.1, 0.15) is 50.0 Å². The second kappa shape index (κ2) is 10.5. The third kappa shape index (κ3) is 7.97. The predicted molar refractivity (Wildman–Crippen MR) is 111 cm³/mol. The van der Waals surface area contributed by atoms with Crippen LogP contribution in [0.3, 0.4) is 0 Å². The number of nitrogens with one attached hydrogen (secondary N) is 1. The summed E-state index contributed by atoms with van der Waals surface area (Å²) in [4.78, 5) is 22.2. The summed E-state index contributed by atoms with van der Waals surface area (Å²) in [6.45, 7) is 3.48. The molecule has 1 aromatic rings. The molecule has 1 amide bonds. The fraction of sp³-hybridized carbons (Fsp3) is 0.600. The van der Waals surface area contributed by atoms with Crippen molar-refractivity contribution in [2.45, 2.75) is 44.5 Å². The van der Waals surface area contributed by atoms with Crippen LogP contribution in [0.2, 0.25) is 5.15 Å². The van der Waals surface area contributed by atoms with Crippen molar-refractivity contribution in [3.8, 4) is 0 Å². The summed E-state index contributed by atoms with van der Waals surface area (Å²) in [7, 11) is -3.77. The Balaban J connectivity index is 2.32. The third-order valence-electron chi connectivity index (χ3n) is 3.83. The number of ether oxygens (including phenoxy) is 1. The van der Waals surface area contributed by atoms with Crippen LogP contribution in [0.15, 0.2) is 4.99 Å². The number of carbonyl (C=O) groups excluding carboxylic acids is 1. The van der Waals surface area contributed by atoms with Crippen LogP contribution < -0.4 is 27.7 Å². The van der Waals surface area contributed by atoms with Gasteiger partial charge < -0.3 is 21.9 Å². The van der Waals surface area contributed by atoms with Crippen molar-refractivity contribution in [2.24, 2.45) is 15.9 Å². The maximum Gasteiger partial charge on any atom is 0.280 e. The molecule has 9 N–H and O–H groups in total. The molecule has 0 aliphatic rings. The highest BCUT2D eigenvalue weighted by atomic mass is 35.5. The van der Waals surface area contributed by atoms with E-state index in [2.05, 4.69) is 20.3 Å². The van der Waals surface area contributed by atoms with Gasteiger partial charge in [0.2, 0.25) is 10.0 Å². The van der Waals surface area contributed by atoms with E-state index in [4.69, 9.17) is 38.7 Å². The predicted octanol–water partition coefficient (Wildman–Crippen LogP) is -0.0595. The molecule has 0 bridgehead atoms. The van der Waals surface area contributed by atoms with Gasteiger partial charge in [0, 0.05) is 13.2 Å². The van der Waals surface area contributed by atoms with Gasteiger partial charge in [0.25, 0.3) is 5.91 Å². The Morgan fingerprint density at radius 3 is 2.41 bits per heavy atom. The molecule has 0 radical (unpaired) electrons. The monoisotopic (exact) mass is 450 g/mol. The van der Waals surface area contributed by atoms with E-state index in [0.29, 0.717) is 19.4 Å². The van der Waals surface area contributed by atoms with Crippen LogP contribution in [-0.2, 0) is 14.8 Å². The first kappa shape index (κ1) is 24.8. The minimum absolute atomic E-state index is 0.0824. The Hall–Kier alpha value is -2.22. The Morgan fingerprint density at radius 1 is 1.17 bits per heavy atom. The van der Waals surface area contributed by atoms with Gasteiger partial charge in [-0.3, -0.25) is 15.1 Å². The van der Waals surface area contributed by atoms with Crippen LogP contribution in [0.5, 0.6) is 0 Å². The van der Waals surface area contributed by atoms with E-state index in [-0.39, 0.29) is 35.0 Å². The van der Waals surface area contributed by atoms with E-state index < -0.39 is 20.9 Å². The summed E-state index contributed by atoms with van der Waals surface area (Å²) in [6, 6.07) is 0. The summed E-state index contributed by atoms with van der Waals surface area (Å²) in [6.07, 6.45) is 3.00. The van der Waals surface area contributed by atoms with Crippen molar-refractivity contribution < 1.29 is 17.9 Å². The molecule has 0 spiro atoms. The Labute approximate surface area is 174 Å². The van der Waals surface area contributed by atoms with Gasteiger partial charge in [-0.05, 0) is 26.7 Å². The molecule has 0 unspecified atom stereocenters. The van der Waals surface area contributed by atoms with Gasteiger partial charge in [-0.25, -0.2) is 23.5 Å². The van der Waals surface area contributed by atoms with Crippen molar-refractivity contribution in [1.29, 1.82) is 0 Å². The SMILES string of the molecule is CC(C)(OCCCCCCN=C(N)NC(=O)c1nc(Cl)c(N)nc1N)S(N)(=O)=O. The average Bonchev–Trinajstić information content (AvgIpc) is 2.59. The Kier molecular flexibility index (Phi) is 9.01. The van der Waals surface area contributed by atoms with Crippen molar-refractivity contribution in [2.75, 3.05) is 24.6 Å². The highest BCUT2D eigenvalue weighted by molar-refractivity contribution is 7.90. The Morgan fingerprint density at radius 2 is 1.79 bits per heavy atom. The van der Waals surface area contributed by atoms with Gasteiger partial charge in [0.1, 0.15) is 0 Å². The molecule has 1 heterocycles. The van der Waals surface area contributed by atoms with E-state index in [1.165, 1.54) is 13.8 Å². The van der Waals surface area contributed by atoms with Gasteiger partial charge in [0.15, 0.2) is 33.4 Å². The van der Waals surface area contributed by atoms with Crippen molar-refractivity contribution in [3.05, 3.63) is 10.8 Å². The molecule has 14 heteroatoms. The standard InChI is InChI=1S/C15H27ClN8O4S/c1-15(2,29(20,26)27)28-8-6-4-3-5-7-21-14(19)24-13(25)9-11(17)23-12(18)10(16)22-9/h3-8H2,1-2H3,(H4,17,18,23)(H2,20,26,27)(H3,19,21,24,25). The molecule has 164 valence electrons. The molecule has 0 fully saturated rings. The molecule has 12 nitrogen and oxygen atoms in total. The van der Waals surface area contributed by atoms with E-state index in [1.54, 1.807) is 0 Å². The van der Waals surface area contributed by atoms with Crippen LogP contribution >= 0.6 is 11.6 Å². The summed E-state index contributed by atoms with van der Waals surface area (Å²) in [5.74, 6) is -1.05. The summed E-state index contributed by atoms with van der Waals surface area (Å²) in [5, 5.41) is 7.28. The molecule has 0 saturated carbocycles. The number of hydrogen-bond donors (Lipinski definition) is 5. The largest absolute Gasteiger partial charge is 0.382 e. The fourth-order valence-corrected chi connectivity index (χ4v) is 2.37. The van der Waals surface area contributed by atoms with Crippen LogP contribution in [-0.4, -0.2) is 48.3 Å². The first-order valence-electron chi connectivity index (χ1n) is 8.71. The van der Waals surface area contributed by atoms with Gasteiger partial charge >= 0.3 is 0 Å². The fourth-order valence-electron chi connectivity index (χ4n) is 1.99. The van der Waals surface area contributed by atoms with Gasteiger partial charge in [0.05, 0.1) is 0 Å². The normalized spacial score (nSPS) is 12.8. The van der Waals surface area contributed by atoms with Gasteiger partial charge in [-0.2, -0.15) is 0 Å². The maximum absolute atomic E-state index is 12.1. The van der Waals surface area contributed by atoms with Gasteiger partial charge in [-0.1, -0.05) is 24.4 Å². The number of aromatic nitrogens is 2. The van der Waals surface area contributed by atoms with E-state index in [0.717, 1.165) is 12.8 Å². The molecule has 29 heavy (non-hydrogen) atoms. The highest BCUT2D eigenvalue weighted by Crippen LogP contribution is 2.17. The zero-order valence-corrected chi connectivity index (χ0v) is 17.9. The number of nitrogen functional groups attached to an aromatic ring is 2. The molecular weight excluding hydrogens is 424 g/mol. The number of hydrogen-bond acceptors (Lipinski definition) is 9. The third-order valence-corrected chi connectivity index (χ3v) is 5.60. The number of amides is 1. The molecular formula is C15H27ClN8O4S. The molecule has 1 rings (SSSR count). The average molecular weight is 451 g/mol. The topological polar surface area (TPSA) is 215 Å². The van der Waals surface area contributed by atoms with Crippen LogP contribution in [0, 0.1) is 0 Å². The number of nitrogens with zero attached hydrogens (tertiary/aromatic N) is 3. The summed E-state index contributed by atoms with van der Waals surface area (Å²) >= 11 is 5.73. The quantitative estimate of drug-likeness (QED) is 0.183. The molecule has 0 saturated heterocycles.